The van der Waals surface area contributed by atoms with Crippen molar-refractivity contribution in [1.82, 2.24) is 14.3 Å². The third kappa shape index (κ3) is 3.92. The average molecular weight is 315 g/mol. The Kier molecular flexibility index (Phi) is 6.20. The molecule has 2 rings (SSSR count). The number of carbonyl (C=O) groups is 1. The largest absolute Gasteiger partial charge is 0.339 e. The molecule has 4 heteroatoms. The number of pyridine rings is 1. The van der Waals surface area contributed by atoms with Crippen LogP contribution in [0.1, 0.15) is 68.2 Å². The van der Waals surface area contributed by atoms with Gasteiger partial charge in [-0.2, -0.15) is 0 Å². The second-order valence-electron chi connectivity index (χ2n) is 6.14. The number of nitrogens with zero attached hydrogens (tertiary/aromatic N) is 3. The molecule has 0 unspecified atom stereocenters. The van der Waals surface area contributed by atoms with Crippen LogP contribution in [0.4, 0.5) is 0 Å². The van der Waals surface area contributed by atoms with Crippen LogP contribution in [0.15, 0.2) is 18.3 Å². The van der Waals surface area contributed by atoms with Crippen LogP contribution in [0.3, 0.4) is 0 Å². The molecule has 0 radical (unpaired) electrons. The Balaban J connectivity index is 2.28. The lowest BCUT2D eigenvalue weighted by Gasteiger charge is -2.22. The van der Waals surface area contributed by atoms with Gasteiger partial charge in [-0.15, -0.1) is 0 Å². The average Bonchev–Trinajstić information content (AvgIpc) is 2.90. The van der Waals surface area contributed by atoms with Gasteiger partial charge in [0.05, 0.1) is 11.3 Å². The van der Waals surface area contributed by atoms with Crippen LogP contribution in [-0.4, -0.2) is 33.3 Å². The summed E-state index contributed by atoms with van der Waals surface area (Å²) in [5.41, 5.74) is 3.91. The molecule has 23 heavy (non-hydrogen) atoms. The molecule has 0 fully saturated rings. The molecule has 0 spiro atoms. The van der Waals surface area contributed by atoms with Gasteiger partial charge in [0.25, 0.3) is 5.91 Å². The minimum Gasteiger partial charge on any atom is -0.339 e. The summed E-state index contributed by atoms with van der Waals surface area (Å²) in [5.74, 6) is 0.139. The van der Waals surface area contributed by atoms with Crippen LogP contribution in [0.2, 0.25) is 0 Å². The molecule has 2 aromatic heterocycles. The van der Waals surface area contributed by atoms with Gasteiger partial charge in [-0.3, -0.25) is 4.79 Å². The van der Waals surface area contributed by atoms with Crippen LogP contribution in [0.25, 0.3) is 5.65 Å². The van der Waals surface area contributed by atoms with E-state index in [9.17, 15) is 4.79 Å². The fourth-order valence-corrected chi connectivity index (χ4v) is 2.87. The van der Waals surface area contributed by atoms with Crippen molar-refractivity contribution in [2.75, 3.05) is 13.1 Å². The quantitative estimate of drug-likeness (QED) is 0.730. The van der Waals surface area contributed by atoms with Gasteiger partial charge < -0.3 is 9.30 Å². The summed E-state index contributed by atoms with van der Waals surface area (Å²) >= 11 is 0. The molecular weight excluding hydrogens is 286 g/mol. The fourth-order valence-electron chi connectivity index (χ4n) is 2.87. The standard InChI is InChI=1S/C19H29N3O/c1-5-8-12-21(13-9-6-2)19(23)16-10-11-18-20-17(7-3)15(4)22(18)14-16/h10-11,14H,5-9,12-13H2,1-4H3. The summed E-state index contributed by atoms with van der Waals surface area (Å²) in [5, 5.41) is 0. The fraction of sp³-hybridized carbons (Fsp3) is 0.579. The van der Waals surface area contributed by atoms with Crippen molar-refractivity contribution >= 4 is 11.6 Å². The normalized spacial score (nSPS) is 11.1. The first-order valence-corrected chi connectivity index (χ1v) is 8.89. The molecule has 1 amide bonds. The zero-order chi connectivity index (χ0) is 16.8. The van der Waals surface area contributed by atoms with Crippen molar-refractivity contribution < 1.29 is 4.79 Å². The number of aromatic nitrogens is 2. The number of hydrogen-bond donors (Lipinski definition) is 0. The number of unbranched alkanes of at least 4 members (excludes halogenated alkanes) is 2. The van der Waals surface area contributed by atoms with Crippen LogP contribution in [-0.2, 0) is 6.42 Å². The molecule has 0 saturated carbocycles. The van der Waals surface area contributed by atoms with Crippen molar-refractivity contribution in [3.8, 4) is 0 Å². The SMILES string of the molecule is CCCCN(CCCC)C(=O)c1ccc2nc(CC)c(C)n2c1. The molecule has 2 heterocycles. The van der Waals surface area contributed by atoms with Gasteiger partial charge in [0, 0.05) is 25.0 Å². The van der Waals surface area contributed by atoms with E-state index in [2.05, 4.69) is 32.7 Å². The minimum atomic E-state index is 0.139. The number of amides is 1. The van der Waals surface area contributed by atoms with Crippen LogP contribution in [0, 0.1) is 6.92 Å². The number of carbonyl (C=O) groups excluding carboxylic acids is 1. The lowest BCUT2D eigenvalue weighted by atomic mass is 10.2. The van der Waals surface area contributed by atoms with Crippen LogP contribution in [0.5, 0.6) is 0 Å². The number of imidazole rings is 1. The summed E-state index contributed by atoms with van der Waals surface area (Å²) in [6.45, 7) is 10.2. The number of rotatable bonds is 8. The van der Waals surface area contributed by atoms with E-state index in [1.807, 2.05) is 27.6 Å². The van der Waals surface area contributed by atoms with Gasteiger partial charge in [0.2, 0.25) is 0 Å². The summed E-state index contributed by atoms with van der Waals surface area (Å²) in [6, 6.07) is 3.87. The van der Waals surface area contributed by atoms with E-state index in [4.69, 9.17) is 0 Å². The topological polar surface area (TPSA) is 37.6 Å². The van der Waals surface area contributed by atoms with E-state index < -0.39 is 0 Å². The third-order valence-electron chi connectivity index (χ3n) is 4.39. The van der Waals surface area contributed by atoms with Crippen molar-refractivity contribution in [1.29, 1.82) is 0 Å². The van der Waals surface area contributed by atoms with E-state index in [1.165, 1.54) is 0 Å². The van der Waals surface area contributed by atoms with E-state index in [1.54, 1.807) is 0 Å². The number of fused-ring (bicyclic) bond motifs is 1. The Morgan fingerprint density at radius 3 is 2.35 bits per heavy atom. The van der Waals surface area contributed by atoms with E-state index >= 15 is 0 Å². The Morgan fingerprint density at radius 2 is 1.78 bits per heavy atom. The zero-order valence-electron chi connectivity index (χ0n) is 14.9. The van der Waals surface area contributed by atoms with Gasteiger partial charge in [-0.05, 0) is 38.3 Å². The molecule has 2 aromatic rings. The maximum atomic E-state index is 12.9. The minimum absolute atomic E-state index is 0.139. The van der Waals surface area contributed by atoms with E-state index in [0.717, 1.165) is 67.8 Å². The Bertz CT molecular complexity index is 652. The molecular formula is C19H29N3O. The van der Waals surface area contributed by atoms with Gasteiger partial charge in [-0.1, -0.05) is 33.6 Å². The number of aryl methyl sites for hydroxylation is 2. The highest BCUT2D eigenvalue weighted by molar-refractivity contribution is 5.94. The molecule has 4 nitrogen and oxygen atoms in total. The lowest BCUT2D eigenvalue weighted by molar-refractivity contribution is 0.0750. The summed E-state index contributed by atoms with van der Waals surface area (Å²) < 4.78 is 2.05. The maximum absolute atomic E-state index is 12.9. The van der Waals surface area contributed by atoms with Crippen molar-refractivity contribution in [2.45, 2.75) is 59.8 Å². The van der Waals surface area contributed by atoms with Gasteiger partial charge >= 0.3 is 0 Å². The second kappa shape index (κ2) is 8.14. The Labute approximate surface area is 139 Å². The Morgan fingerprint density at radius 1 is 1.13 bits per heavy atom. The Hall–Kier alpha value is -1.84. The summed E-state index contributed by atoms with van der Waals surface area (Å²) in [7, 11) is 0. The highest BCUT2D eigenvalue weighted by Gasteiger charge is 2.16. The molecule has 0 bridgehead atoms. The summed E-state index contributed by atoms with van der Waals surface area (Å²) in [4.78, 5) is 19.5. The molecule has 0 aliphatic carbocycles. The molecule has 0 atom stereocenters. The smallest absolute Gasteiger partial charge is 0.255 e. The van der Waals surface area contributed by atoms with E-state index in [-0.39, 0.29) is 5.91 Å². The summed E-state index contributed by atoms with van der Waals surface area (Å²) in [6.07, 6.45) is 7.19. The predicted molar refractivity (Wildman–Crippen MR) is 95.0 cm³/mol. The molecule has 0 aromatic carbocycles. The molecule has 126 valence electrons. The zero-order valence-corrected chi connectivity index (χ0v) is 14.9. The molecule has 0 aliphatic heterocycles. The maximum Gasteiger partial charge on any atom is 0.255 e. The molecule has 0 N–H and O–H groups in total. The first-order valence-electron chi connectivity index (χ1n) is 8.89. The molecule has 0 aliphatic rings. The van der Waals surface area contributed by atoms with Gasteiger partial charge in [0.15, 0.2) is 0 Å². The highest BCUT2D eigenvalue weighted by atomic mass is 16.2. The van der Waals surface area contributed by atoms with Crippen LogP contribution >= 0.6 is 0 Å². The van der Waals surface area contributed by atoms with Crippen molar-refractivity contribution in [3.63, 3.8) is 0 Å². The van der Waals surface area contributed by atoms with Crippen molar-refractivity contribution in [2.24, 2.45) is 0 Å². The lowest BCUT2D eigenvalue weighted by Crippen LogP contribution is -2.33. The monoisotopic (exact) mass is 315 g/mol. The third-order valence-corrected chi connectivity index (χ3v) is 4.39. The second-order valence-corrected chi connectivity index (χ2v) is 6.14. The van der Waals surface area contributed by atoms with E-state index in [0.29, 0.717) is 0 Å². The first-order chi connectivity index (χ1) is 11.1. The predicted octanol–water partition coefficient (Wildman–Crippen LogP) is 4.25. The van der Waals surface area contributed by atoms with Gasteiger partial charge in [-0.25, -0.2) is 4.98 Å². The van der Waals surface area contributed by atoms with Crippen molar-refractivity contribution in [3.05, 3.63) is 35.3 Å². The van der Waals surface area contributed by atoms with Crippen LogP contribution < -0.4 is 0 Å². The van der Waals surface area contributed by atoms with Gasteiger partial charge in [0.1, 0.15) is 5.65 Å². The highest BCUT2D eigenvalue weighted by Crippen LogP contribution is 2.15. The molecule has 0 saturated heterocycles. The first kappa shape index (κ1) is 17.5. The number of hydrogen-bond acceptors (Lipinski definition) is 2.